The van der Waals surface area contributed by atoms with Crippen LogP contribution < -0.4 is 16.0 Å². The lowest BCUT2D eigenvalue weighted by atomic mass is 10.3. The van der Waals surface area contributed by atoms with Gasteiger partial charge in [0.2, 0.25) is 0 Å². The van der Waals surface area contributed by atoms with Crippen LogP contribution in [0.4, 0.5) is 11.4 Å². The van der Waals surface area contributed by atoms with Crippen LogP contribution in [0.3, 0.4) is 0 Å². The van der Waals surface area contributed by atoms with E-state index < -0.39 is 0 Å². The van der Waals surface area contributed by atoms with Gasteiger partial charge in [-0.2, -0.15) is 0 Å². The van der Waals surface area contributed by atoms with E-state index in [1.54, 1.807) is 0 Å². The van der Waals surface area contributed by atoms with Crippen molar-refractivity contribution in [2.45, 2.75) is 0 Å². The molecule has 0 unspecified atom stereocenters. The van der Waals surface area contributed by atoms with Crippen molar-refractivity contribution < 1.29 is 0 Å². The average molecular weight is 324 g/mol. The molecule has 2 rings (SSSR count). The minimum Gasteiger partial charge on any atom is -0.384 e. The zero-order chi connectivity index (χ0) is 14.9. The van der Waals surface area contributed by atoms with Gasteiger partial charge in [-0.3, -0.25) is 0 Å². The fourth-order valence-corrected chi connectivity index (χ4v) is 2.29. The molecule has 0 atom stereocenters. The second-order valence-electron chi connectivity index (χ2n) is 4.62. The molecule has 2 aromatic rings. The van der Waals surface area contributed by atoms with Crippen molar-refractivity contribution in [1.29, 1.82) is 0 Å². The van der Waals surface area contributed by atoms with Crippen LogP contribution in [0.1, 0.15) is 0 Å². The molecular weight excluding hydrogens is 305 g/mol. The molecule has 2 aromatic carbocycles. The standard InChI is InChI=1S/C16H19Cl2N3/c17-13-3-1-5-15(11-13)20-9-7-19-8-10-21-16-6-2-4-14(18)12-16/h1-6,11-12,19-21H,7-10H2. The number of benzene rings is 2. The first kappa shape index (κ1) is 16.0. The van der Waals surface area contributed by atoms with Gasteiger partial charge in [-0.1, -0.05) is 35.3 Å². The maximum atomic E-state index is 5.92. The molecule has 0 aliphatic heterocycles. The van der Waals surface area contributed by atoms with E-state index in [2.05, 4.69) is 16.0 Å². The molecule has 0 aromatic heterocycles. The van der Waals surface area contributed by atoms with Crippen LogP contribution in [0.15, 0.2) is 48.5 Å². The monoisotopic (exact) mass is 323 g/mol. The van der Waals surface area contributed by atoms with Gasteiger partial charge in [-0.25, -0.2) is 0 Å². The third-order valence-corrected chi connectivity index (χ3v) is 3.38. The second kappa shape index (κ2) is 8.78. The molecule has 0 saturated carbocycles. The van der Waals surface area contributed by atoms with Gasteiger partial charge < -0.3 is 16.0 Å². The third kappa shape index (κ3) is 6.25. The molecule has 0 spiro atoms. The van der Waals surface area contributed by atoms with Gasteiger partial charge in [0.05, 0.1) is 0 Å². The zero-order valence-corrected chi connectivity index (χ0v) is 13.2. The minimum atomic E-state index is 0.749. The molecule has 0 bridgehead atoms. The fraction of sp³-hybridized carbons (Fsp3) is 0.250. The Hall–Kier alpha value is -1.42. The van der Waals surface area contributed by atoms with Gasteiger partial charge in [0.25, 0.3) is 0 Å². The Morgan fingerprint density at radius 2 is 1.14 bits per heavy atom. The van der Waals surface area contributed by atoms with Gasteiger partial charge in [0, 0.05) is 47.6 Å². The van der Waals surface area contributed by atoms with Crippen LogP contribution in [0.25, 0.3) is 0 Å². The highest BCUT2D eigenvalue weighted by molar-refractivity contribution is 6.31. The summed E-state index contributed by atoms with van der Waals surface area (Å²) in [7, 11) is 0. The molecule has 112 valence electrons. The predicted octanol–water partition coefficient (Wildman–Crippen LogP) is 4.11. The van der Waals surface area contributed by atoms with Crippen LogP contribution >= 0.6 is 23.2 Å². The van der Waals surface area contributed by atoms with Gasteiger partial charge in [-0.05, 0) is 36.4 Å². The van der Waals surface area contributed by atoms with E-state index >= 15 is 0 Å². The summed E-state index contributed by atoms with van der Waals surface area (Å²) in [6.45, 7) is 3.50. The molecule has 0 radical (unpaired) electrons. The second-order valence-corrected chi connectivity index (χ2v) is 5.50. The summed E-state index contributed by atoms with van der Waals surface area (Å²) in [5, 5.41) is 11.5. The van der Waals surface area contributed by atoms with E-state index in [1.807, 2.05) is 48.5 Å². The third-order valence-electron chi connectivity index (χ3n) is 2.91. The Morgan fingerprint density at radius 1 is 0.667 bits per heavy atom. The molecule has 5 heteroatoms. The van der Waals surface area contributed by atoms with Crippen LogP contribution in [0, 0.1) is 0 Å². The maximum absolute atomic E-state index is 5.92. The number of nitrogens with one attached hydrogen (secondary N) is 3. The molecule has 3 nitrogen and oxygen atoms in total. The van der Waals surface area contributed by atoms with E-state index in [1.165, 1.54) is 0 Å². The number of rotatable bonds is 8. The van der Waals surface area contributed by atoms with E-state index in [0.717, 1.165) is 47.6 Å². The number of halogens is 2. The van der Waals surface area contributed by atoms with Crippen molar-refractivity contribution in [3.8, 4) is 0 Å². The van der Waals surface area contributed by atoms with E-state index in [4.69, 9.17) is 23.2 Å². The number of hydrogen-bond donors (Lipinski definition) is 3. The zero-order valence-electron chi connectivity index (χ0n) is 11.7. The predicted molar refractivity (Wildman–Crippen MR) is 92.8 cm³/mol. The highest BCUT2D eigenvalue weighted by atomic mass is 35.5. The summed E-state index contributed by atoms with van der Waals surface area (Å²) < 4.78 is 0. The topological polar surface area (TPSA) is 36.1 Å². The fourth-order valence-electron chi connectivity index (χ4n) is 1.91. The van der Waals surface area contributed by atoms with Crippen LogP contribution in [-0.2, 0) is 0 Å². The van der Waals surface area contributed by atoms with Crippen LogP contribution in [-0.4, -0.2) is 26.2 Å². The lowest BCUT2D eigenvalue weighted by Crippen LogP contribution is -2.27. The summed E-state index contributed by atoms with van der Waals surface area (Å²) in [6, 6.07) is 15.5. The largest absolute Gasteiger partial charge is 0.384 e. The Morgan fingerprint density at radius 3 is 1.57 bits per heavy atom. The van der Waals surface area contributed by atoms with Gasteiger partial charge in [0.1, 0.15) is 0 Å². The van der Waals surface area contributed by atoms with Crippen molar-refractivity contribution in [3.05, 3.63) is 58.6 Å². The first-order chi connectivity index (χ1) is 10.2. The van der Waals surface area contributed by atoms with Crippen molar-refractivity contribution in [3.63, 3.8) is 0 Å². The molecule has 0 fully saturated rings. The quantitative estimate of drug-likeness (QED) is 0.640. The molecule has 3 N–H and O–H groups in total. The molecule has 0 amide bonds. The van der Waals surface area contributed by atoms with Crippen molar-refractivity contribution >= 4 is 34.6 Å². The molecule has 0 saturated heterocycles. The molecule has 21 heavy (non-hydrogen) atoms. The van der Waals surface area contributed by atoms with E-state index in [-0.39, 0.29) is 0 Å². The van der Waals surface area contributed by atoms with E-state index in [9.17, 15) is 0 Å². The summed E-state index contributed by atoms with van der Waals surface area (Å²) >= 11 is 11.8. The lowest BCUT2D eigenvalue weighted by molar-refractivity contribution is 0.719. The van der Waals surface area contributed by atoms with Gasteiger partial charge >= 0.3 is 0 Å². The van der Waals surface area contributed by atoms with Crippen LogP contribution in [0.2, 0.25) is 10.0 Å². The minimum absolute atomic E-state index is 0.749. The van der Waals surface area contributed by atoms with Crippen molar-refractivity contribution in [2.75, 3.05) is 36.8 Å². The first-order valence-electron chi connectivity index (χ1n) is 6.93. The van der Waals surface area contributed by atoms with Crippen LogP contribution in [0.5, 0.6) is 0 Å². The molecular formula is C16H19Cl2N3. The summed E-state index contributed by atoms with van der Waals surface area (Å²) in [6.07, 6.45) is 0. The molecule has 0 aliphatic rings. The first-order valence-corrected chi connectivity index (χ1v) is 7.69. The number of hydrogen-bond acceptors (Lipinski definition) is 3. The number of anilines is 2. The summed E-state index contributed by atoms with van der Waals surface area (Å²) in [4.78, 5) is 0. The SMILES string of the molecule is Clc1cccc(NCCNCCNc2cccc(Cl)c2)c1. The highest BCUT2D eigenvalue weighted by Gasteiger charge is 1.94. The Bertz CT molecular complexity index is 511. The summed E-state index contributed by atoms with van der Waals surface area (Å²) in [5.41, 5.74) is 2.09. The smallest absolute Gasteiger partial charge is 0.0426 e. The summed E-state index contributed by atoms with van der Waals surface area (Å²) in [5.74, 6) is 0. The van der Waals surface area contributed by atoms with E-state index in [0.29, 0.717) is 0 Å². The van der Waals surface area contributed by atoms with Crippen molar-refractivity contribution in [2.24, 2.45) is 0 Å². The lowest BCUT2D eigenvalue weighted by Gasteiger charge is -2.09. The Balaban J connectivity index is 1.54. The maximum Gasteiger partial charge on any atom is 0.0426 e. The van der Waals surface area contributed by atoms with Crippen molar-refractivity contribution in [1.82, 2.24) is 5.32 Å². The normalized spacial score (nSPS) is 10.4. The van der Waals surface area contributed by atoms with Gasteiger partial charge in [-0.15, -0.1) is 0 Å². The Kier molecular flexibility index (Phi) is 6.67. The molecule has 0 aliphatic carbocycles. The molecule has 0 heterocycles. The highest BCUT2D eigenvalue weighted by Crippen LogP contribution is 2.15. The average Bonchev–Trinajstić information content (AvgIpc) is 2.46. The van der Waals surface area contributed by atoms with Gasteiger partial charge in [0.15, 0.2) is 0 Å². The Labute approximate surface area is 135 Å².